The molecule has 0 aliphatic rings. The molecule has 0 bridgehead atoms. The molecule has 8 aromatic heterocycles. The second-order valence-electron chi connectivity index (χ2n) is 18.6. The maximum atomic E-state index is 12.6. The molecule has 0 radical (unpaired) electrons. The predicted octanol–water partition coefficient (Wildman–Crippen LogP) is 11.4. The fraction of sp³-hybridized carbons (Fsp3) is 0.386. The van der Waals surface area contributed by atoms with Gasteiger partial charge in [-0.3, -0.25) is 29.0 Å². The average Bonchev–Trinajstić information content (AvgIpc) is 1.55. The van der Waals surface area contributed by atoms with E-state index in [1.165, 1.54) is 104 Å². The molecule has 1 unspecified atom stereocenters. The van der Waals surface area contributed by atoms with Crippen molar-refractivity contribution in [3.8, 4) is 0 Å². The molecule has 8 heterocycles. The predicted molar refractivity (Wildman–Crippen MR) is 412 cm³/mol. The Hall–Kier alpha value is -5.90. The molecule has 1 atom stereocenters. The van der Waals surface area contributed by atoms with Crippen molar-refractivity contribution in [3.05, 3.63) is 152 Å². The van der Waals surface area contributed by atoms with Crippen molar-refractivity contribution in [1.82, 2.24) is 49.8 Å². The van der Waals surface area contributed by atoms with Crippen LogP contribution in [0.1, 0.15) is 153 Å². The Balaban J connectivity index is -0.000000213. The van der Waals surface area contributed by atoms with Crippen molar-refractivity contribution in [3.63, 3.8) is 0 Å². The number of nitrogens with one attached hydrogen (secondary N) is 3. The first-order chi connectivity index (χ1) is 48.7. The molecule has 0 saturated heterocycles. The zero-order valence-corrected chi connectivity index (χ0v) is 73.5. The number of esters is 3. The summed E-state index contributed by atoms with van der Waals surface area (Å²) in [7, 11) is 3.89. The number of aromatic nitrogens is 10. The molecule has 0 spiro atoms. The Morgan fingerprint density at radius 2 is 1.15 bits per heavy atom. The summed E-state index contributed by atoms with van der Waals surface area (Å²) in [6.07, 6.45) is -8.15. The largest absolute Gasteiger partial charge is 2.00 e. The Bertz CT molecular complexity index is 4090. The molecule has 0 aliphatic heterocycles. The van der Waals surface area contributed by atoms with Gasteiger partial charge in [0.25, 0.3) is 11.1 Å². The van der Waals surface area contributed by atoms with Crippen LogP contribution in [0.15, 0.2) is 59.8 Å². The van der Waals surface area contributed by atoms with Gasteiger partial charge in [0, 0.05) is 66.3 Å². The van der Waals surface area contributed by atoms with Crippen LogP contribution in [0, 0.1) is 44.8 Å². The number of hydrogen-bond acceptors (Lipinski definition) is 33. The van der Waals surface area contributed by atoms with Crippen LogP contribution in [0.3, 0.4) is 0 Å². The summed E-state index contributed by atoms with van der Waals surface area (Å²) >= 11 is 36.6. The number of urea groups is 1. The fourth-order valence-corrected chi connectivity index (χ4v) is 11.3. The number of Topliss-reactive ketones (excluding diaryl/α,β-unsaturated/α-hetero) is 2. The van der Waals surface area contributed by atoms with E-state index in [1.54, 1.807) is 68.0 Å². The van der Waals surface area contributed by atoms with Crippen molar-refractivity contribution >= 4 is 231 Å². The molecular weight excluding hydrogens is 1830 g/mol. The summed E-state index contributed by atoms with van der Waals surface area (Å²) in [5, 5.41) is 12.4. The third-order valence-electron chi connectivity index (χ3n) is 9.56. The van der Waals surface area contributed by atoms with Gasteiger partial charge >= 0.3 is 59.3 Å². The standard InChI is InChI=1S/C11H8F3N3O2S2.C6H6BrNOS.C6H8N2O2S.C6H7NO2S.C6H9NOS.C5H3F3N2OS.C5H5NOS.C4H9NO2.C3H4Cl2O2.C2H4O.CH2Cl2.CH4N2O.CH3.BrH.Mg/c1-5(18)9-6(21-4-15-9)3-20-10-16-7(11(12,13)14)2-8(19)17-10;1-4(9)6-5(2-7)10-3-8-6;1-3-4(5(9)10-2)8-6(7)11-3;1-4-5(6(8)9-2)7-3-10-4;1-4(8)6-5(2)9-3-7-6;6-5(7,8)2-1-3(11)10-4(12)9-2;1-4-5(2-7)6-3-8-4;1-4(2,3)7-5-6;1-7-3(6)2(4)5;1-2-3;2-1-3;2-1(3)4;;;/h2,4H,3H2,1H3,(H,16,17,19);3H,2H2,1H3;1-2H3,(H2,7,8);3H,1-2H3;3-4,8H,1-2H3;1H,(H2,9,10,11,12);2-3H,1H3;1-3H3;2H,1H3;2H,1H3;1H2;(H4,2,3,4);1H3;1H;/q;;;;;;;;;;;;-1;;+2/p-1. The van der Waals surface area contributed by atoms with E-state index in [-0.39, 0.29) is 91.7 Å². The monoisotopic (exact) mass is 1900 g/mol. The van der Waals surface area contributed by atoms with Crippen LogP contribution in [0.25, 0.3) is 0 Å². The molecule has 600 valence electrons. The number of ether oxygens (including phenoxy) is 3. The molecule has 0 fully saturated rings. The maximum Gasteiger partial charge on any atom is 2.00 e. The maximum absolute atomic E-state index is 12.6. The smallest absolute Gasteiger partial charge is 1.00 e. The van der Waals surface area contributed by atoms with Crippen LogP contribution in [-0.2, 0) is 52.1 Å². The third-order valence-corrected chi connectivity index (χ3v) is 16.9. The summed E-state index contributed by atoms with van der Waals surface area (Å²) in [5.74, 6) is -1.41. The van der Waals surface area contributed by atoms with Crippen molar-refractivity contribution in [2.24, 2.45) is 16.8 Å². The molecule has 0 saturated carbocycles. The van der Waals surface area contributed by atoms with Crippen LogP contribution in [0.4, 0.5) is 36.3 Å². The number of nitrogen functional groups attached to an aromatic ring is 1. The van der Waals surface area contributed by atoms with E-state index in [1.807, 2.05) is 30.7 Å². The fourth-order valence-electron chi connectivity index (χ4n) is 5.36. The Morgan fingerprint density at radius 1 is 0.713 bits per heavy atom. The van der Waals surface area contributed by atoms with E-state index < -0.39 is 69.4 Å². The van der Waals surface area contributed by atoms with Crippen molar-refractivity contribution in [2.45, 2.75) is 121 Å². The number of halogens is 12. The summed E-state index contributed by atoms with van der Waals surface area (Å²) in [5.41, 5.74) is 20.5. The number of ketones is 2. The van der Waals surface area contributed by atoms with Gasteiger partial charge in [-0.05, 0) is 74.5 Å². The number of carbonyl (C=O) groups is 8. The Labute approximate surface area is 702 Å². The molecule has 10 N–H and O–H groups in total. The summed E-state index contributed by atoms with van der Waals surface area (Å²) in [6.45, 7) is 18.8. The Morgan fingerprint density at radius 3 is 1.44 bits per heavy atom. The number of methoxy groups -OCH3 is 3. The first kappa shape index (κ1) is 115. The summed E-state index contributed by atoms with van der Waals surface area (Å²) < 4.78 is 86.1. The van der Waals surface area contributed by atoms with Gasteiger partial charge in [-0.15, -0.1) is 96.1 Å². The van der Waals surface area contributed by atoms with E-state index >= 15 is 0 Å². The van der Waals surface area contributed by atoms with Gasteiger partial charge in [0.1, 0.15) is 34.7 Å². The van der Waals surface area contributed by atoms with Crippen LogP contribution in [0.5, 0.6) is 0 Å². The zero-order chi connectivity index (χ0) is 82.1. The zero-order valence-electron chi connectivity index (χ0n) is 59.4. The molecule has 0 aliphatic carbocycles. The summed E-state index contributed by atoms with van der Waals surface area (Å²) in [4.78, 5) is 154. The number of nitrogens with zero attached hydrogens (tertiary/aromatic N) is 8. The number of thioether (sulfide) groups is 1. The number of anilines is 1. The van der Waals surface area contributed by atoms with Crippen LogP contribution in [0.2, 0.25) is 0 Å². The molecular formula is C57H72Br2Cl4F6MgN14O16S8. The second-order valence-corrected chi connectivity index (χ2v) is 28.8. The molecule has 0 aromatic carbocycles. The van der Waals surface area contributed by atoms with Gasteiger partial charge in [0.2, 0.25) is 4.84 Å². The van der Waals surface area contributed by atoms with E-state index in [0.29, 0.717) is 50.2 Å². The van der Waals surface area contributed by atoms with Gasteiger partial charge in [-0.1, -0.05) is 50.9 Å². The molecule has 30 nitrogen and oxygen atoms in total. The number of aldehydes is 2. The van der Waals surface area contributed by atoms with Gasteiger partial charge in [-0.2, -0.15) is 26.3 Å². The van der Waals surface area contributed by atoms with Gasteiger partial charge in [0.15, 0.2) is 55.3 Å². The number of aliphatic hydroxyl groups is 1. The normalized spacial score (nSPS) is 9.92. The molecule has 51 heteroatoms. The quantitative estimate of drug-likeness (QED) is 0.00477. The summed E-state index contributed by atoms with van der Waals surface area (Å²) in [6, 6.07) is -0.0203. The second kappa shape index (κ2) is 62.7. The number of thiazole rings is 6. The SMILES string of the molecule is CC(=O)c1ncsc1CBr.CC(=O)c1ncsc1CSc1nc(C(F)(F)F)cc(=O)[nH]1.CC(C)(C)ON=O.CC=O.COC(=O)C(Cl)Cl.COC(=O)c1nc(N)sc1C.COC(=O)c1ncsc1C.Cc1scnc1C(C)O.Cc1scnc1C=O.ClCCl.NC(N)=O.O=c1cc(C(F)(F)F)[nH]c(=S)[nH]1.[Br-].[CH3-].[Mg+2]. The van der Waals surface area contributed by atoms with E-state index in [2.05, 4.69) is 104 Å². The number of carbonyl (C=O) groups excluding carboxylic acids is 8. The number of amides is 2. The molecule has 8 rings (SSSR count). The van der Waals surface area contributed by atoms with Gasteiger partial charge < -0.3 is 80.5 Å². The van der Waals surface area contributed by atoms with Crippen LogP contribution >= 0.6 is 154 Å². The number of alkyl halides is 11. The first-order valence-corrected chi connectivity index (χ1v) is 37.2. The van der Waals surface area contributed by atoms with E-state index in [9.17, 15) is 69.6 Å². The van der Waals surface area contributed by atoms with E-state index in [4.69, 9.17) is 66.8 Å². The first-order valence-electron chi connectivity index (χ1n) is 27.5. The molecule has 108 heavy (non-hydrogen) atoms. The minimum absolute atomic E-state index is 0. The number of aryl methyl sites for hydroxylation is 4. The van der Waals surface area contributed by atoms with Gasteiger partial charge in [0.05, 0.1) is 66.0 Å². The number of hydrogen-bond donors (Lipinski definition) is 7. The van der Waals surface area contributed by atoms with Crippen molar-refractivity contribution in [1.29, 1.82) is 0 Å². The number of nitrogens with two attached hydrogens (primary N) is 3. The van der Waals surface area contributed by atoms with E-state index in [0.717, 1.165) is 54.4 Å². The minimum Gasteiger partial charge on any atom is -1.00 e. The number of rotatable bonds is 12. The number of aliphatic hydroxyl groups excluding tert-OH is 1. The number of H-pyrrole nitrogens is 3. The minimum atomic E-state index is -4.68. The average molecular weight is 1910 g/mol. The van der Waals surface area contributed by atoms with Crippen LogP contribution < -0.4 is 45.3 Å². The molecule has 2 amide bonds. The van der Waals surface area contributed by atoms with Crippen molar-refractivity contribution < 1.29 is 106 Å². The third kappa shape index (κ3) is 53.9. The number of primary amides is 2. The van der Waals surface area contributed by atoms with Crippen molar-refractivity contribution in [2.75, 3.05) is 32.4 Å². The number of aromatic amines is 3. The van der Waals surface area contributed by atoms with Gasteiger partial charge in [-0.25, -0.2) is 54.1 Å². The molecule has 8 aromatic rings. The topological polar surface area (TPSA) is 473 Å². The Kier molecular flexibility index (Phi) is 67.0. The van der Waals surface area contributed by atoms with Crippen LogP contribution in [-0.4, -0.2) is 163 Å².